The molecule has 2 aromatic carbocycles. The molecule has 2 fully saturated rings. The monoisotopic (exact) mass is 754 g/mol. The minimum atomic E-state index is -6.00. The number of hydrogen-bond donors (Lipinski definition) is 1. The molecule has 1 N–H and O–H groups in total. The van der Waals surface area contributed by atoms with Crippen molar-refractivity contribution in [2.45, 2.75) is 56.9 Å². The number of fused-ring (bicyclic) bond motifs is 1. The van der Waals surface area contributed by atoms with Crippen LogP contribution >= 0.6 is 11.8 Å². The third kappa shape index (κ3) is 10.1. The Balaban J connectivity index is 0.00000101. The molecule has 4 heterocycles. The van der Waals surface area contributed by atoms with Crippen molar-refractivity contribution < 1.29 is 50.5 Å². The van der Waals surface area contributed by atoms with Gasteiger partial charge in [0.25, 0.3) is 5.91 Å². The molecule has 2 atom stereocenters. The summed E-state index contributed by atoms with van der Waals surface area (Å²) >= 11 is 1.41. The third-order valence-corrected chi connectivity index (χ3v) is 9.67. The first-order chi connectivity index (χ1) is 25.0. The number of β-lactam (4-membered cyclic amide) rings is 1. The van der Waals surface area contributed by atoms with E-state index in [9.17, 15) is 36.4 Å². The normalized spacial score (nSPS) is 19.4. The lowest BCUT2D eigenvalue weighted by atomic mass is 10.00. The number of carbonyl (C=O) groups excluding carboxylic acids is 4. The van der Waals surface area contributed by atoms with Gasteiger partial charge in [-0.25, -0.2) is 14.2 Å². The molecule has 3 aliphatic rings. The zero-order valence-corrected chi connectivity index (χ0v) is 30.3. The van der Waals surface area contributed by atoms with Crippen LogP contribution in [0.3, 0.4) is 0 Å². The third-order valence-electron chi connectivity index (χ3n) is 8.37. The highest BCUT2D eigenvalue weighted by Crippen LogP contribution is 2.42. The molecule has 280 valence electrons. The van der Waals surface area contributed by atoms with Crippen LogP contribution in [0.15, 0.2) is 108 Å². The molecule has 0 unspecified atom stereocenters. The van der Waals surface area contributed by atoms with E-state index in [2.05, 4.69) is 5.32 Å². The average molecular weight is 755 g/mol. The van der Waals surface area contributed by atoms with E-state index in [1.54, 1.807) is 31.7 Å². The lowest BCUT2D eigenvalue weighted by molar-refractivity contribution is -0.680. The van der Waals surface area contributed by atoms with Gasteiger partial charge >= 0.3 is 19.3 Å². The Kier molecular flexibility index (Phi) is 12.0. The molecule has 0 bridgehead atoms. The standard InChI is InChI=1S/C37H38N4O6S.BF4/c1-37(2,3)47-36(45)38-29-33(43)41-30(35(44)46-31(24-13-7-5-8-14-24)25-15-9-6-10-16-25)27(23-48-34(29)41)21-26-18-20-40(32(26)42)22-28-17-11-12-19-39(28)4;2-1(3,4)5/h5-17,19,21,29,31,34H,18,20,22-23H2,1-4H3;/q;-1/p+1/b26-21+;/t29-,34-;/m1./s1. The second-order valence-corrected chi connectivity index (χ2v) is 14.6. The van der Waals surface area contributed by atoms with Crippen molar-refractivity contribution in [3.8, 4) is 0 Å². The first-order valence-corrected chi connectivity index (χ1v) is 17.8. The molecule has 3 aromatic rings. The summed E-state index contributed by atoms with van der Waals surface area (Å²) in [6.07, 6.45) is 2.74. The van der Waals surface area contributed by atoms with E-state index in [4.69, 9.17) is 9.47 Å². The van der Waals surface area contributed by atoms with E-state index in [0.717, 1.165) is 16.8 Å². The number of pyridine rings is 1. The van der Waals surface area contributed by atoms with Crippen LogP contribution in [0.5, 0.6) is 0 Å². The van der Waals surface area contributed by atoms with Crippen molar-refractivity contribution in [1.29, 1.82) is 0 Å². The molecule has 16 heteroatoms. The fourth-order valence-electron chi connectivity index (χ4n) is 6.01. The molecule has 10 nitrogen and oxygen atoms in total. The molecule has 53 heavy (non-hydrogen) atoms. The van der Waals surface area contributed by atoms with Gasteiger partial charge < -0.3 is 37.0 Å². The highest BCUT2D eigenvalue weighted by molar-refractivity contribution is 8.00. The number of aryl methyl sites for hydroxylation is 1. The lowest BCUT2D eigenvalue weighted by Crippen LogP contribution is -2.70. The highest BCUT2D eigenvalue weighted by atomic mass is 32.2. The van der Waals surface area contributed by atoms with Gasteiger partial charge in [0.05, 0.1) is 0 Å². The molecule has 0 radical (unpaired) electrons. The summed E-state index contributed by atoms with van der Waals surface area (Å²) in [6, 6.07) is 23.8. The number of alkyl carbamates (subject to hydrolysis) is 1. The first kappa shape index (κ1) is 39.1. The molecule has 0 saturated carbocycles. The van der Waals surface area contributed by atoms with E-state index >= 15 is 0 Å². The van der Waals surface area contributed by atoms with Crippen LogP contribution in [0, 0.1) is 0 Å². The second-order valence-electron chi connectivity index (χ2n) is 13.5. The maximum atomic E-state index is 14.3. The average Bonchev–Trinajstić information content (AvgIpc) is 3.43. The van der Waals surface area contributed by atoms with Crippen LogP contribution in [0.4, 0.5) is 22.1 Å². The van der Waals surface area contributed by atoms with E-state index in [1.165, 1.54) is 16.7 Å². The Labute approximate surface area is 308 Å². The van der Waals surface area contributed by atoms with Gasteiger partial charge in [-0.1, -0.05) is 66.7 Å². The number of likely N-dealkylation sites (tertiary alicyclic amines) is 1. The number of hydrogen-bond acceptors (Lipinski definition) is 7. The predicted octanol–water partition coefficient (Wildman–Crippen LogP) is 5.87. The topological polar surface area (TPSA) is 109 Å². The molecule has 0 spiro atoms. The fourth-order valence-corrected chi connectivity index (χ4v) is 7.31. The Morgan fingerprint density at radius 3 is 2.13 bits per heavy atom. The van der Waals surface area contributed by atoms with Gasteiger partial charge in [0, 0.05) is 30.0 Å². The van der Waals surface area contributed by atoms with Crippen molar-refractivity contribution in [2.75, 3.05) is 12.3 Å². The zero-order valence-electron chi connectivity index (χ0n) is 29.5. The van der Waals surface area contributed by atoms with Crippen LogP contribution in [-0.2, 0) is 37.4 Å². The van der Waals surface area contributed by atoms with E-state index in [-0.39, 0.29) is 11.6 Å². The van der Waals surface area contributed by atoms with Gasteiger partial charge in [-0.15, -0.1) is 11.8 Å². The smallest absolute Gasteiger partial charge is 0.448 e. The summed E-state index contributed by atoms with van der Waals surface area (Å²) in [5, 5.41) is 2.13. The minimum Gasteiger partial charge on any atom is -0.448 e. The van der Waals surface area contributed by atoms with Crippen LogP contribution < -0.4 is 9.88 Å². The number of allylic oxidation sites excluding steroid dienone is 1. The number of ether oxygens (including phenoxy) is 2. The molecule has 2 saturated heterocycles. The van der Waals surface area contributed by atoms with Gasteiger partial charge in [-0.3, -0.25) is 14.5 Å². The summed E-state index contributed by atoms with van der Waals surface area (Å²) in [5.74, 6) is -0.922. The highest BCUT2D eigenvalue weighted by Gasteiger charge is 2.55. The van der Waals surface area contributed by atoms with Crippen molar-refractivity contribution in [1.82, 2.24) is 15.1 Å². The quantitative estimate of drug-likeness (QED) is 0.0767. The van der Waals surface area contributed by atoms with Crippen LogP contribution in [0.1, 0.15) is 50.1 Å². The summed E-state index contributed by atoms with van der Waals surface area (Å²) in [5.41, 5.74) is 2.97. The number of aromatic nitrogens is 1. The summed E-state index contributed by atoms with van der Waals surface area (Å²) in [6.45, 7) is 6.23. The number of amides is 3. The molecule has 3 amide bonds. The van der Waals surface area contributed by atoms with Crippen LogP contribution in [0.2, 0.25) is 0 Å². The molecular formula is C37H39BF4N4O6S. The number of benzene rings is 2. The molecule has 6 rings (SSSR count). The number of halogens is 4. The second kappa shape index (κ2) is 16.3. The van der Waals surface area contributed by atoms with Crippen molar-refractivity contribution in [3.63, 3.8) is 0 Å². The Morgan fingerprint density at radius 2 is 1.57 bits per heavy atom. The largest absolute Gasteiger partial charge is 0.673 e. The van der Waals surface area contributed by atoms with Gasteiger partial charge in [0.1, 0.15) is 36.3 Å². The summed E-state index contributed by atoms with van der Waals surface area (Å²) in [4.78, 5) is 57.3. The Hall–Kier alpha value is -5.12. The summed E-state index contributed by atoms with van der Waals surface area (Å²) in [7, 11) is -4.06. The number of esters is 1. The molecule has 0 aliphatic carbocycles. The number of thioether (sulfide) groups is 1. The Morgan fingerprint density at radius 1 is 0.981 bits per heavy atom. The maximum absolute atomic E-state index is 14.3. The predicted molar refractivity (Wildman–Crippen MR) is 190 cm³/mol. The van der Waals surface area contributed by atoms with E-state index in [1.807, 2.05) is 96.7 Å². The fraction of sp³-hybridized carbons (Fsp3) is 0.324. The van der Waals surface area contributed by atoms with Gasteiger partial charge in [-0.05, 0) is 50.0 Å². The number of rotatable bonds is 8. The number of carbonyl (C=O) groups is 4. The van der Waals surface area contributed by atoms with Crippen LogP contribution in [-0.4, -0.2) is 70.2 Å². The van der Waals surface area contributed by atoms with E-state index in [0.29, 0.717) is 36.4 Å². The van der Waals surface area contributed by atoms with Gasteiger partial charge in [0.15, 0.2) is 12.3 Å². The molecule has 3 aliphatic heterocycles. The first-order valence-electron chi connectivity index (χ1n) is 16.8. The minimum absolute atomic E-state index is 0.0797. The van der Waals surface area contributed by atoms with E-state index < -0.39 is 48.3 Å². The van der Waals surface area contributed by atoms with Crippen molar-refractivity contribution in [3.05, 3.63) is 125 Å². The lowest BCUT2D eigenvalue weighted by Gasteiger charge is -2.49. The zero-order chi connectivity index (χ0) is 38.5. The van der Waals surface area contributed by atoms with Gasteiger partial charge in [0.2, 0.25) is 11.6 Å². The van der Waals surface area contributed by atoms with Crippen LogP contribution in [0.25, 0.3) is 0 Å². The SMILES string of the molecule is C[n+]1ccccc1CN1CC/C(=C\C2=C(C(=O)OC(c3ccccc3)c3ccccc3)N3C(=O)[C@@H](NC(=O)OC(C)(C)C)[C@H]3SC2)C1=O.F[B-](F)(F)F. The van der Waals surface area contributed by atoms with Crippen molar-refractivity contribution >= 4 is 42.9 Å². The Bertz CT molecular complexity index is 1860. The summed E-state index contributed by atoms with van der Waals surface area (Å²) < 4.78 is 52.6. The number of nitrogens with zero attached hydrogens (tertiary/aromatic N) is 3. The molecular weight excluding hydrogens is 715 g/mol. The number of nitrogens with one attached hydrogen (secondary N) is 1. The molecule has 1 aromatic heterocycles. The van der Waals surface area contributed by atoms with Gasteiger partial charge in [-0.2, -0.15) is 0 Å². The van der Waals surface area contributed by atoms with Crippen molar-refractivity contribution in [2.24, 2.45) is 7.05 Å². The maximum Gasteiger partial charge on any atom is 0.673 e.